The Bertz CT molecular complexity index is 1020. The van der Waals surface area contributed by atoms with Crippen LogP contribution in [0, 0.1) is 17.8 Å². The van der Waals surface area contributed by atoms with Crippen LogP contribution in [0.15, 0.2) is 42.3 Å². The summed E-state index contributed by atoms with van der Waals surface area (Å²) in [5.74, 6) is 2.58. The lowest BCUT2D eigenvalue weighted by Crippen LogP contribution is -2.48. The van der Waals surface area contributed by atoms with Gasteiger partial charge in [-0.25, -0.2) is 14.6 Å². The number of thiazole rings is 1. The van der Waals surface area contributed by atoms with Crippen LogP contribution in [-0.2, 0) is 12.0 Å². The van der Waals surface area contributed by atoms with Gasteiger partial charge in [0.2, 0.25) is 0 Å². The van der Waals surface area contributed by atoms with E-state index in [1.807, 2.05) is 24.3 Å². The Morgan fingerprint density at radius 1 is 1.10 bits per heavy atom. The highest BCUT2D eigenvalue weighted by atomic mass is 32.1. The molecular weight excluding hydrogens is 394 g/mol. The van der Waals surface area contributed by atoms with Crippen LogP contribution in [0.2, 0.25) is 0 Å². The van der Waals surface area contributed by atoms with Crippen LogP contribution in [0.5, 0.6) is 0 Å². The normalized spacial score (nSPS) is 29.3. The van der Waals surface area contributed by atoms with Crippen molar-refractivity contribution in [3.8, 4) is 0 Å². The molecular formula is C23H25N5OS. The van der Waals surface area contributed by atoms with Gasteiger partial charge in [0.25, 0.3) is 5.91 Å². The second-order valence-corrected chi connectivity index (χ2v) is 10.3. The highest BCUT2D eigenvalue weighted by Gasteiger charge is 2.52. The zero-order valence-corrected chi connectivity index (χ0v) is 17.6. The second kappa shape index (κ2) is 7.01. The van der Waals surface area contributed by atoms with E-state index in [1.54, 1.807) is 22.3 Å². The molecule has 4 bridgehead atoms. The van der Waals surface area contributed by atoms with Crippen LogP contribution in [0.1, 0.15) is 60.1 Å². The van der Waals surface area contributed by atoms with Gasteiger partial charge < -0.3 is 0 Å². The topological polar surface area (TPSA) is 72.7 Å². The zero-order valence-electron chi connectivity index (χ0n) is 16.8. The lowest BCUT2D eigenvalue weighted by atomic mass is 9.49. The Hall–Kier alpha value is -2.54. The molecule has 0 atom stereocenters. The Balaban J connectivity index is 1.14. The number of aromatic nitrogens is 4. The van der Waals surface area contributed by atoms with Gasteiger partial charge in [0.15, 0.2) is 5.13 Å². The Morgan fingerprint density at radius 3 is 2.43 bits per heavy atom. The molecule has 6 nitrogen and oxygen atoms in total. The maximum absolute atomic E-state index is 12.7. The summed E-state index contributed by atoms with van der Waals surface area (Å²) >= 11 is 1.57. The van der Waals surface area contributed by atoms with Gasteiger partial charge in [-0.05, 0) is 74.0 Å². The van der Waals surface area contributed by atoms with Crippen molar-refractivity contribution in [2.45, 2.75) is 50.5 Å². The molecule has 2 heterocycles. The van der Waals surface area contributed by atoms with E-state index in [2.05, 4.69) is 20.8 Å². The third kappa shape index (κ3) is 3.25. The lowest BCUT2D eigenvalue weighted by molar-refractivity contribution is -0.00688. The van der Waals surface area contributed by atoms with E-state index >= 15 is 0 Å². The van der Waals surface area contributed by atoms with Gasteiger partial charge in [0, 0.05) is 16.4 Å². The molecule has 3 aromatic rings. The second-order valence-electron chi connectivity index (χ2n) is 9.48. The quantitative estimate of drug-likeness (QED) is 0.661. The standard InChI is InChI=1S/C23H25N5OS/c29-21(19-3-1-15(2-4-19)11-28-14-24-13-25-28)27-22-26-20(12-30-22)23-8-16-5-17(9-23)7-18(6-16)10-23/h1-4,12-14,16-18H,5-11H2,(H,26,27,29). The third-order valence-corrected chi connectivity index (χ3v) is 8.09. The first-order valence-electron chi connectivity index (χ1n) is 10.8. The molecule has 154 valence electrons. The molecule has 0 unspecified atom stereocenters. The summed E-state index contributed by atoms with van der Waals surface area (Å²) < 4.78 is 1.76. The number of nitrogens with one attached hydrogen (secondary N) is 1. The Labute approximate surface area is 179 Å². The summed E-state index contributed by atoms with van der Waals surface area (Å²) in [7, 11) is 0. The van der Waals surface area contributed by atoms with Crippen molar-refractivity contribution >= 4 is 22.4 Å². The molecule has 4 saturated carbocycles. The van der Waals surface area contributed by atoms with Crippen molar-refractivity contribution in [3.63, 3.8) is 0 Å². The fourth-order valence-corrected chi connectivity index (χ4v) is 7.26. The van der Waals surface area contributed by atoms with Crippen LogP contribution in [0.25, 0.3) is 0 Å². The SMILES string of the molecule is O=C(Nc1nc(C23CC4CC(CC(C4)C2)C3)cs1)c1ccc(Cn2cncn2)cc1. The van der Waals surface area contributed by atoms with Crippen molar-refractivity contribution in [1.82, 2.24) is 19.7 Å². The lowest BCUT2D eigenvalue weighted by Gasteiger charge is -2.56. The van der Waals surface area contributed by atoms with E-state index in [0.717, 1.165) is 28.4 Å². The molecule has 0 radical (unpaired) electrons. The van der Waals surface area contributed by atoms with Crippen LogP contribution >= 0.6 is 11.3 Å². The summed E-state index contributed by atoms with van der Waals surface area (Å²) in [5.41, 5.74) is 3.22. The highest BCUT2D eigenvalue weighted by molar-refractivity contribution is 7.14. The maximum atomic E-state index is 12.7. The largest absolute Gasteiger partial charge is 0.298 e. The Morgan fingerprint density at radius 2 is 1.80 bits per heavy atom. The van der Waals surface area contributed by atoms with E-state index in [4.69, 9.17) is 4.98 Å². The molecule has 4 aliphatic carbocycles. The molecule has 4 fully saturated rings. The smallest absolute Gasteiger partial charge is 0.257 e. The number of nitrogens with zero attached hydrogens (tertiary/aromatic N) is 4. The molecule has 7 rings (SSSR count). The molecule has 1 aromatic carbocycles. The summed E-state index contributed by atoms with van der Waals surface area (Å²) in [6.07, 6.45) is 11.4. The number of anilines is 1. The van der Waals surface area contributed by atoms with Gasteiger partial charge in [0.05, 0.1) is 12.2 Å². The molecule has 1 amide bonds. The number of hydrogen-bond donors (Lipinski definition) is 1. The van der Waals surface area contributed by atoms with Crippen molar-refractivity contribution in [2.24, 2.45) is 17.8 Å². The van der Waals surface area contributed by atoms with E-state index in [0.29, 0.717) is 12.1 Å². The fraction of sp³-hybridized carbons (Fsp3) is 0.478. The first kappa shape index (κ1) is 18.2. The summed E-state index contributed by atoms with van der Waals surface area (Å²) in [6.45, 7) is 0.642. The number of benzene rings is 1. The average molecular weight is 420 g/mol. The molecule has 0 aliphatic heterocycles. The van der Waals surface area contributed by atoms with Crippen LogP contribution in [0.4, 0.5) is 5.13 Å². The van der Waals surface area contributed by atoms with Gasteiger partial charge in [0.1, 0.15) is 12.7 Å². The average Bonchev–Trinajstić information content (AvgIpc) is 3.40. The molecule has 4 aliphatic rings. The van der Waals surface area contributed by atoms with Crippen LogP contribution in [0.3, 0.4) is 0 Å². The van der Waals surface area contributed by atoms with E-state index in [1.165, 1.54) is 50.5 Å². The predicted molar refractivity (Wildman–Crippen MR) is 115 cm³/mol. The van der Waals surface area contributed by atoms with Gasteiger partial charge in [-0.1, -0.05) is 12.1 Å². The summed E-state index contributed by atoms with van der Waals surface area (Å²) in [5, 5.41) is 10.0. The van der Waals surface area contributed by atoms with Crippen molar-refractivity contribution < 1.29 is 4.79 Å². The van der Waals surface area contributed by atoms with E-state index < -0.39 is 0 Å². The molecule has 0 saturated heterocycles. The minimum absolute atomic E-state index is 0.103. The van der Waals surface area contributed by atoms with E-state index in [-0.39, 0.29) is 11.3 Å². The van der Waals surface area contributed by atoms with Crippen molar-refractivity contribution in [1.29, 1.82) is 0 Å². The predicted octanol–water partition coefficient (Wildman–Crippen LogP) is 4.50. The summed E-state index contributed by atoms with van der Waals surface area (Å²) in [6, 6.07) is 7.63. The number of rotatable bonds is 5. The van der Waals surface area contributed by atoms with Gasteiger partial charge >= 0.3 is 0 Å². The highest BCUT2D eigenvalue weighted by Crippen LogP contribution is 2.60. The first-order chi connectivity index (χ1) is 14.6. The number of amides is 1. The van der Waals surface area contributed by atoms with Crippen molar-refractivity contribution in [3.05, 3.63) is 59.1 Å². The summed E-state index contributed by atoms with van der Waals surface area (Å²) in [4.78, 5) is 21.6. The first-order valence-corrected chi connectivity index (χ1v) is 11.7. The zero-order chi connectivity index (χ0) is 20.1. The van der Waals surface area contributed by atoms with Crippen LogP contribution in [-0.4, -0.2) is 25.7 Å². The molecule has 7 heteroatoms. The monoisotopic (exact) mass is 419 g/mol. The fourth-order valence-electron chi connectivity index (χ4n) is 6.43. The molecule has 1 N–H and O–H groups in total. The number of hydrogen-bond acceptors (Lipinski definition) is 5. The van der Waals surface area contributed by atoms with Crippen molar-refractivity contribution in [2.75, 3.05) is 5.32 Å². The number of carbonyl (C=O) groups excluding carboxylic acids is 1. The maximum Gasteiger partial charge on any atom is 0.257 e. The molecule has 0 spiro atoms. The minimum Gasteiger partial charge on any atom is -0.298 e. The van der Waals surface area contributed by atoms with Gasteiger partial charge in [-0.2, -0.15) is 5.10 Å². The van der Waals surface area contributed by atoms with Crippen LogP contribution < -0.4 is 5.32 Å². The molecule has 2 aromatic heterocycles. The Kier molecular flexibility index (Phi) is 4.26. The van der Waals surface area contributed by atoms with Gasteiger partial charge in [-0.15, -0.1) is 11.3 Å². The number of carbonyl (C=O) groups is 1. The third-order valence-electron chi connectivity index (χ3n) is 7.33. The van der Waals surface area contributed by atoms with Gasteiger partial charge in [-0.3, -0.25) is 10.1 Å². The van der Waals surface area contributed by atoms with E-state index in [9.17, 15) is 4.79 Å². The minimum atomic E-state index is -0.103. The molecule has 30 heavy (non-hydrogen) atoms.